The van der Waals surface area contributed by atoms with Crippen LogP contribution in [-0.4, -0.2) is 32.2 Å². The minimum atomic E-state index is -0.413. The molecule has 0 bridgehead atoms. The Hall–Kier alpha value is -3.00. The van der Waals surface area contributed by atoms with Gasteiger partial charge in [0, 0.05) is 18.3 Å². The number of fused-ring (bicyclic) bond motifs is 1. The molecule has 136 valence electrons. The highest BCUT2D eigenvalue weighted by Crippen LogP contribution is 2.11. The van der Waals surface area contributed by atoms with Crippen molar-refractivity contribution in [3.8, 4) is 0 Å². The molecule has 0 atom stereocenters. The zero-order valence-corrected chi connectivity index (χ0v) is 14.5. The van der Waals surface area contributed by atoms with Crippen molar-refractivity contribution in [2.45, 2.75) is 26.6 Å². The van der Waals surface area contributed by atoms with Gasteiger partial charge in [0.2, 0.25) is 0 Å². The largest absolute Gasteiger partial charge is 0.392 e. The number of halogens is 1. The Balaban J connectivity index is 1.69. The number of nitrogens with zero attached hydrogens (tertiary/aromatic N) is 4. The van der Waals surface area contributed by atoms with Gasteiger partial charge in [0.1, 0.15) is 5.82 Å². The van der Waals surface area contributed by atoms with Crippen LogP contribution in [0.25, 0.3) is 5.65 Å². The molecular formula is C18H21FN6O. The summed E-state index contributed by atoms with van der Waals surface area (Å²) in [5.41, 5.74) is 1.88. The Bertz CT molecular complexity index is 908. The van der Waals surface area contributed by atoms with Gasteiger partial charge in [0.15, 0.2) is 17.4 Å². The molecule has 0 aliphatic carbocycles. The number of hydrogen-bond donors (Lipinski definition) is 3. The van der Waals surface area contributed by atoms with E-state index in [2.05, 4.69) is 25.8 Å². The Morgan fingerprint density at radius 2 is 2.12 bits per heavy atom. The topological polar surface area (TPSA) is 86.8 Å². The summed E-state index contributed by atoms with van der Waals surface area (Å²) >= 11 is 0. The van der Waals surface area contributed by atoms with Crippen LogP contribution in [0.5, 0.6) is 0 Å². The lowest BCUT2D eigenvalue weighted by Crippen LogP contribution is -2.37. The molecule has 3 N–H and O–H groups in total. The van der Waals surface area contributed by atoms with Crippen LogP contribution in [-0.2, 0) is 19.7 Å². The maximum Gasteiger partial charge on any atom is 0.191 e. The Morgan fingerprint density at radius 1 is 1.23 bits per heavy atom. The van der Waals surface area contributed by atoms with Gasteiger partial charge in [0.05, 0.1) is 19.7 Å². The van der Waals surface area contributed by atoms with Gasteiger partial charge in [-0.1, -0.05) is 12.1 Å². The third-order valence-electron chi connectivity index (χ3n) is 3.84. The first kappa shape index (κ1) is 17.8. The number of pyridine rings is 1. The molecule has 0 amide bonds. The Morgan fingerprint density at radius 3 is 2.92 bits per heavy atom. The second kappa shape index (κ2) is 8.39. The zero-order chi connectivity index (χ0) is 18.4. The number of benzene rings is 1. The van der Waals surface area contributed by atoms with E-state index in [1.54, 1.807) is 12.1 Å². The highest BCUT2D eigenvalue weighted by atomic mass is 19.1. The van der Waals surface area contributed by atoms with Crippen molar-refractivity contribution in [3.63, 3.8) is 0 Å². The molecule has 7 nitrogen and oxygen atoms in total. The number of nitrogens with one attached hydrogen (secondary N) is 2. The molecule has 2 aromatic heterocycles. The minimum Gasteiger partial charge on any atom is -0.392 e. The molecule has 2 heterocycles. The molecule has 1 aromatic carbocycles. The van der Waals surface area contributed by atoms with E-state index in [0.717, 1.165) is 17.0 Å². The second-order valence-corrected chi connectivity index (χ2v) is 5.68. The Kier molecular flexibility index (Phi) is 5.75. The van der Waals surface area contributed by atoms with Gasteiger partial charge in [-0.05, 0) is 36.8 Å². The lowest BCUT2D eigenvalue weighted by Gasteiger charge is -2.11. The average molecular weight is 356 g/mol. The van der Waals surface area contributed by atoms with Crippen LogP contribution >= 0.6 is 0 Å². The van der Waals surface area contributed by atoms with Gasteiger partial charge in [-0.2, -0.15) is 0 Å². The number of aliphatic hydroxyl groups excluding tert-OH is 1. The predicted molar refractivity (Wildman–Crippen MR) is 97.0 cm³/mol. The molecule has 3 rings (SSSR count). The summed E-state index contributed by atoms with van der Waals surface area (Å²) in [7, 11) is 0. The van der Waals surface area contributed by atoms with Crippen LogP contribution in [0.2, 0.25) is 0 Å². The summed E-state index contributed by atoms with van der Waals surface area (Å²) in [5, 5.41) is 23.8. The van der Waals surface area contributed by atoms with Crippen molar-refractivity contribution >= 4 is 11.6 Å². The quantitative estimate of drug-likeness (QED) is 0.461. The van der Waals surface area contributed by atoms with Crippen LogP contribution in [0.1, 0.15) is 23.9 Å². The van der Waals surface area contributed by atoms with Crippen LogP contribution in [0.15, 0.2) is 47.6 Å². The van der Waals surface area contributed by atoms with Crippen molar-refractivity contribution in [2.24, 2.45) is 4.99 Å². The Labute approximate surface area is 150 Å². The number of hydrogen-bond acceptors (Lipinski definition) is 4. The van der Waals surface area contributed by atoms with Crippen molar-refractivity contribution in [3.05, 3.63) is 65.4 Å². The van der Waals surface area contributed by atoms with Crippen molar-refractivity contribution in [1.29, 1.82) is 0 Å². The molecule has 0 saturated heterocycles. The normalized spacial score (nSPS) is 11.7. The highest BCUT2D eigenvalue weighted by Gasteiger charge is 2.06. The molecule has 0 saturated carbocycles. The van der Waals surface area contributed by atoms with E-state index in [1.165, 1.54) is 6.07 Å². The average Bonchev–Trinajstić information content (AvgIpc) is 3.08. The molecule has 0 fully saturated rings. The molecule has 0 spiro atoms. The third-order valence-corrected chi connectivity index (χ3v) is 3.84. The maximum atomic E-state index is 13.5. The lowest BCUT2D eigenvalue weighted by atomic mass is 10.1. The number of aliphatic hydroxyl groups is 1. The number of aromatic nitrogens is 3. The first-order valence-electron chi connectivity index (χ1n) is 8.40. The smallest absolute Gasteiger partial charge is 0.191 e. The molecule has 26 heavy (non-hydrogen) atoms. The summed E-state index contributed by atoms with van der Waals surface area (Å²) in [5.74, 6) is 0.981. The molecule has 3 aromatic rings. The standard InChI is InChI=1S/C18H21FN6O/c1-2-20-18(21-10-13-6-7-15(19)14(9-13)12-26)22-11-17-24-23-16-5-3-4-8-25(16)17/h3-9,26H,2,10-12H2,1H3,(H2,20,21,22). The van der Waals surface area contributed by atoms with Crippen LogP contribution in [0.4, 0.5) is 4.39 Å². The SMILES string of the molecule is CCNC(=NCc1ccc(F)c(CO)c1)NCc1nnc2ccccn12. The van der Waals surface area contributed by atoms with E-state index in [0.29, 0.717) is 25.6 Å². The van der Waals surface area contributed by atoms with Gasteiger partial charge in [-0.15, -0.1) is 10.2 Å². The number of rotatable bonds is 6. The van der Waals surface area contributed by atoms with Crippen LogP contribution in [0, 0.1) is 5.82 Å². The van der Waals surface area contributed by atoms with E-state index in [1.807, 2.05) is 35.7 Å². The van der Waals surface area contributed by atoms with Gasteiger partial charge in [0.25, 0.3) is 0 Å². The summed E-state index contributed by atoms with van der Waals surface area (Å²) in [6.07, 6.45) is 1.91. The van der Waals surface area contributed by atoms with Crippen LogP contribution < -0.4 is 10.6 Å². The molecule has 8 heteroatoms. The summed E-state index contributed by atoms with van der Waals surface area (Å²) < 4.78 is 15.4. The summed E-state index contributed by atoms with van der Waals surface area (Å²) in [6.45, 7) is 3.18. The van der Waals surface area contributed by atoms with E-state index in [4.69, 9.17) is 5.11 Å². The second-order valence-electron chi connectivity index (χ2n) is 5.68. The van der Waals surface area contributed by atoms with Gasteiger partial charge >= 0.3 is 0 Å². The summed E-state index contributed by atoms with van der Waals surface area (Å²) in [6, 6.07) is 10.4. The van der Waals surface area contributed by atoms with Gasteiger partial charge in [-0.25, -0.2) is 9.38 Å². The molecule has 0 unspecified atom stereocenters. The third kappa shape index (κ3) is 4.15. The monoisotopic (exact) mass is 356 g/mol. The first-order valence-corrected chi connectivity index (χ1v) is 8.40. The fourth-order valence-corrected chi connectivity index (χ4v) is 2.53. The zero-order valence-electron chi connectivity index (χ0n) is 14.5. The molecule has 0 radical (unpaired) electrons. The van der Waals surface area contributed by atoms with Crippen molar-refractivity contribution in [1.82, 2.24) is 25.2 Å². The molecular weight excluding hydrogens is 335 g/mol. The fraction of sp³-hybridized carbons (Fsp3) is 0.278. The molecule has 0 aliphatic rings. The highest BCUT2D eigenvalue weighted by molar-refractivity contribution is 5.79. The van der Waals surface area contributed by atoms with E-state index >= 15 is 0 Å². The van der Waals surface area contributed by atoms with Gasteiger partial charge < -0.3 is 15.7 Å². The minimum absolute atomic E-state index is 0.269. The van der Waals surface area contributed by atoms with Gasteiger partial charge in [-0.3, -0.25) is 4.40 Å². The first-order chi connectivity index (χ1) is 12.7. The van der Waals surface area contributed by atoms with E-state index < -0.39 is 5.82 Å². The van der Waals surface area contributed by atoms with E-state index in [9.17, 15) is 4.39 Å². The number of aliphatic imine (C=N–C) groups is 1. The number of guanidine groups is 1. The predicted octanol–water partition coefficient (Wildman–Crippen LogP) is 1.62. The lowest BCUT2D eigenvalue weighted by molar-refractivity contribution is 0.275. The maximum absolute atomic E-state index is 13.5. The van der Waals surface area contributed by atoms with Crippen molar-refractivity contribution < 1.29 is 9.50 Å². The van der Waals surface area contributed by atoms with Crippen molar-refractivity contribution in [2.75, 3.05) is 6.54 Å². The molecule has 0 aliphatic heterocycles. The van der Waals surface area contributed by atoms with Crippen LogP contribution in [0.3, 0.4) is 0 Å². The van der Waals surface area contributed by atoms with E-state index in [-0.39, 0.29) is 12.2 Å². The fourth-order valence-electron chi connectivity index (χ4n) is 2.53. The summed E-state index contributed by atoms with van der Waals surface area (Å²) in [4.78, 5) is 4.50.